The molecular formula is C38H22N2O. The molecule has 0 aliphatic rings. The van der Waals surface area contributed by atoms with Crippen LogP contribution in [0.3, 0.4) is 0 Å². The zero-order chi connectivity index (χ0) is 27.8. The van der Waals surface area contributed by atoms with E-state index in [9.17, 15) is 5.26 Å². The fourth-order valence-corrected chi connectivity index (χ4v) is 5.59. The second kappa shape index (κ2) is 10.0. The molecule has 7 rings (SSSR count). The lowest BCUT2D eigenvalue weighted by Gasteiger charge is -2.15. The summed E-state index contributed by atoms with van der Waals surface area (Å²) < 4.78 is 6.39. The van der Waals surface area contributed by atoms with Crippen molar-refractivity contribution in [3.8, 4) is 56.6 Å². The first-order chi connectivity index (χ1) is 20.2. The Bertz CT molecular complexity index is 2080. The molecular weight excluding hydrogens is 500 g/mol. The smallest absolute Gasteiger partial charge is 0.136 e. The van der Waals surface area contributed by atoms with Crippen molar-refractivity contribution in [2.24, 2.45) is 0 Å². The van der Waals surface area contributed by atoms with Crippen molar-refractivity contribution in [3.05, 3.63) is 145 Å². The van der Waals surface area contributed by atoms with Gasteiger partial charge in [0.2, 0.25) is 0 Å². The summed E-state index contributed by atoms with van der Waals surface area (Å²) in [5, 5.41) is 21.6. The highest BCUT2D eigenvalue weighted by Gasteiger charge is 2.18. The van der Waals surface area contributed by atoms with Crippen LogP contribution in [0.4, 0.5) is 0 Å². The molecule has 0 radical (unpaired) electrons. The van der Waals surface area contributed by atoms with Crippen LogP contribution in [0, 0.1) is 22.7 Å². The highest BCUT2D eigenvalue weighted by molar-refractivity contribution is 6.13. The predicted molar refractivity (Wildman–Crippen MR) is 165 cm³/mol. The van der Waals surface area contributed by atoms with Crippen LogP contribution in [0.25, 0.3) is 66.4 Å². The normalized spacial score (nSPS) is 10.9. The molecule has 0 unspecified atom stereocenters. The van der Waals surface area contributed by atoms with Gasteiger partial charge in [0, 0.05) is 21.9 Å². The minimum atomic E-state index is 0.635. The molecule has 0 fully saturated rings. The average molecular weight is 523 g/mol. The third-order valence-electron chi connectivity index (χ3n) is 7.58. The van der Waals surface area contributed by atoms with Gasteiger partial charge >= 0.3 is 0 Å². The van der Waals surface area contributed by atoms with Gasteiger partial charge < -0.3 is 4.42 Å². The van der Waals surface area contributed by atoms with E-state index in [-0.39, 0.29) is 0 Å². The molecule has 3 nitrogen and oxygen atoms in total. The summed E-state index contributed by atoms with van der Waals surface area (Å²) >= 11 is 0. The van der Waals surface area contributed by atoms with E-state index in [1.807, 2.05) is 97.1 Å². The minimum Gasteiger partial charge on any atom is -0.456 e. The van der Waals surface area contributed by atoms with Crippen LogP contribution >= 0.6 is 0 Å². The molecule has 1 heterocycles. The van der Waals surface area contributed by atoms with Crippen LogP contribution in [-0.2, 0) is 0 Å². The molecule has 6 aromatic carbocycles. The Morgan fingerprint density at radius 1 is 0.439 bits per heavy atom. The summed E-state index contributed by atoms with van der Waals surface area (Å²) in [4.78, 5) is 0. The maximum absolute atomic E-state index is 10.3. The van der Waals surface area contributed by atoms with Gasteiger partial charge in [-0.15, -0.1) is 0 Å². The third kappa shape index (κ3) is 4.23. The molecule has 0 saturated carbocycles. The zero-order valence-electron chi connectivity index (χ0n) is 22.0. The SMILES string of the molecule is N#Cc1ccc(-c2ccc3c(c2)oc2cccc(-c4cc(-c5ccccc5)c(C#N)c(-c5ccccc5)c4)c23)cc1. The molecule has 0 amide bonds. The van der Waals surface area contributed by atoms with Crippen molar-refractivity contribution in [1.29, 1.82) is 10.5 Å². The van der Waals surface area contributed by atoms with E-state index in [1.54, 1.807) is 0 Å². The summed E-state index contributed by atoms with van der Waals surface area (Å²) in [6.45, 7) is 0. The molecule has 3 heteroatoms. The Hall–Kier alpha value is -5.90. The molecule has 41 heavy (non-hydrogen) atoms. The van der Waals surface area contributed by atoms with Gasteiger partial charge in [-0.2, -0.15) is 10.5 Å². The molecule has 0 aliphatic carbocycles. The molecule has 0 bridgehead atoms. The first-order valence-corrected chi connectivity index (χ1v) is 13.4. The van der Waals surface area contributed by atoms with E-state index >= 15 is 0 Å². The molecule has 0 saturated heterocycles. The van der Waals surface area contributed by atoms with Gasteiger partial charge in [0.1, 0.15) is 17.2 Å². The molecule has 0 N–H and O–H groups in total. The van der Waals surface area contributed by atoms with E-state index < -0.39 is 0 Å². The van der Waals surface area contributed by atoms with Gasteiger partial charge in [-0.25, -0.2) is 0 Å². The Labute approximate surface area is 237 Å². The van der Waals surface area contributed by atoms with Crippen molar-refractivity contribution >= 4 is 21.9 Å². The maximum Gasteiger partial charge on any atom is 0.136 e. The van der Waals surface area contributed by atoms with Crippen molar-refractivity contribution in [2.45, 2.75) is 0 Å². The number of hydrogen-bond acceptors (Lipinski definition) is 3. The fourth-order valence-electron chi connectivity index (χ4n) is 5.59. The maximum atomic E-state index is 10.3. The van der Waals surface area contributed by atoms with Crippen LogP contribution in [0.1, 0.15) is 11.1 Å². The number of hydrogen-bond donors (Lipinski definition) is 0. The quantitative estimate of drug-likeness (QED) is 0.231. The lowest BCUT2D eigenvalue weighted by atomic mass is 9.87. The summed E-state index contributed by atoms with van der Waals surface area (Å²) in [5.41, 5.74) is 10.8. The van der Waals surface area contributed by atoms with Crippen LogP contribution in [-0.4, -0.2) is 0 Å². The molecule has 7 aromatic rings. The van der Waals surface area contributed by atoms with Gasteiger partial charge in [0.25, 0.3) is 0 Å². The van der Waals surface area contributed by atoms with Crippen LogP contribution in [0.15, 0.2) is 138 Å². The van der Waals surface area contributed by atoms with Gasteiger partial charge in [-0.3, -0.25) is 0 Å². The van der Waals surface area contributed by atoms with E-state index in [0.717, 1.165) is 66.4 Å². The molecule has 1 aromatic heterocycles. The van der Waals surface area contributed by atoms with Crippen LogP contribution in [0.5, 0.6) is 0 Å². The van der Waals surface area contributed by atoms with Crippen molar-refractivity contribution < 1.29 is 4.42 Å². The van der Waals surface area contributed by atoms with Crippen LogP contribution < -0.4 is 0 Å². The first-order valence-electron chi connectivity index (χ1n) is 13.4. The largest absolute Gasteiger partial charge is 0.456 e. The monoisotopic (exact) mass is 522 g/mol. The van der Waals surface area contributed by atoms with Gasteiger partial charge in [-0.05, 0) is 75.8 Å². The molecule has 0 aliphatic heterocycles. The van der Waals surface area contributed by atoms with Crippen molar-refractivity contribution in [2.75, 3.05) is 0 Å². The predicted octanol–water partition coefficient (Wildman–Crippen LogP) is 10.00. The van der Waals surface area contributed by atoms with Gasteiger partial charge in [0.05, 0.1) is 17.2 Å². The summed E-state index contributed by atoms with van der Waals surface area (Å²) in [5.74, 6) is 0. The third-order valence-corrected chi connectivity index (χ3v) is 7.58. The van der Waals surface area contributed by atoms with E-state index in [2.05, 4.69) is 48.5 Å². The second-order valence-corrected chi connectivity index (χ2v) is 9.97. The van der Waals surface area contributed by atoms with Crippen molar-refractivity contribution in [3.63, 3.8) is 0 Å². The molecule has 0 spiro atoms. The number of rotatable bonds is 4. The molecule has 190 valence electrons. The topological polar surface area (TPSA) is 60.7 Å². The van der Waals surface area contributed by atoms with Crippen LogP contribution in [0.2, 0.25) is 0 Å². The number of benzene rings is 6. The lowest BCUT2D eigenvalue weighted by Crippen LogP contribution is -1.93. The number of nitrogens with zero attached hydrogens (tertiary/aromatic N) is 2. The highest BCUT2D eigenvalue weighted by Crippen LogP contribution is 2.42. The first kappa shape index (κ1) is 24.2. The fraction of sp³-hybridized carbons (Fsp3) is 0. The Kier molecular flexibility index (Phi) is 5.90. The van der Waals surface area contributed by atoms with E-state index in [0.29, 0.717) is 11.1 Å². The summed E-state index contributed by atoms with van der Waals surface area (Å²) in [6.07, 6.45) is 0. The minimum absolute atomic E-state index is 0.635. The number of nitriles is 2. The zero-order valence-corrected chi connectivity index (χ0v) is 22.0. The highest BCUT2D eigenvalue weighted by atomic mass is 16.3. The molecule has 0 atom stereocenters. The second-order valence-electron chi connectivity index (χ2n) is 9.97. The average Bonchev–Trinajstić information content (AvgIpc) is 3.43. The van der Waals surface area contributed by atoms with E-state index in [4.69, 9.17) is 9.68 Å². The Morgan fingerprint density at radius 2 is 1.07 bits per heavy atom. The Morgan fingerprint density at radius 3 is 1.68 bits per heavy atom. The lowest BCUT2D eigenvalue weighted by molar-refractivity contribution is 0.669. The number of fused-ring (bicyclic) bond motifs is 3. The number of furan rings is 1. The Balaban J connectivity index is 1.46. The van der Waals surface area contributed by atoms with Gasteiger partial charge in [0.15, 0.2) is 0 Å². The van der Waals surface area contributed by atoms with Crippen molar-refractivity contribution in [1.82, 2.24) is 0 Å². The standard InChI is InChI=1S/C38H22N2O/c39-23-25-14-16-26(17-15-25)29-18-19-32-37(22-29)41-36-13-7-12-31(38(32)36)30-20-33(27-8-3-1-4-9-27)35(24-40)34(21-30)28-10-5-2-6-11-28/h1-22H. The summed E-state index contributed by atoms with van der Waals surface area (Å²) in [6, 6.07) is 49.1. The van der Waals surface area contributed by atoms with Gasteiger partial charge in [-0.1, -0.05) is 91.0 Å². The van der Waals surface area contributed by atoms with E-state index in [1.165, 1.54) is 0 Å². The summed E-state index contributed by atoms with van der Waals surface area (Å²) in [7, 11) is 0.